The summed E-state index contributed by atoms with van der Waals surface area (Å²) in [5, 5.41) is 25.7. The zero-order valence-electron chi connectivity index (χ0n) is 6.68. The highest BCUT2D eigenvalue weighted by Crippen LogP contribution is 1.99. The van der Waals surface area contributed by atoms with Crippen molar-refractivity contribution in [2.24, 2.45) is 0 Å². The van der Waals surface area contributed by atoms with Crippen molar-refractivity contribution >= 4 is 0 Å². The Balaban J connectivity index is 0.000000605. The van der Waals surface area contributed by atoms with Crippen LogP contribution in [-0.4, -0.2) is 41.2 Å². The Hall–Kier alpha value is -1.94. The van der Waals surface area contributed by atoms with Gasteiger partial charge < -0.3 is 12.3 Å². The molecule has 2 aromatic heterocycles. The third-order valence-electron chi connectivity index (χ3n) is 0.891. The zero-order chi connectivity index (χ0) is 6.81. The molecule has 0 unspecified atom stereocenters. The van der Waals surface area contributed by atoms with Gasteiger partial charge in [0.2, 0.25) is 11.6 Å². The Morgan fingerprint density at radius 1 is 0.750 bits per heavy atom. The molecule has 0 aliphatic rings. The fourth-order valence-electron chi connectivity index (χ4n) is 0.513. The molecular weight excluding hydrogens is 164 g/mol. The smallest absolute Gasteiger partial charge is 0.245 e. The van der Waals surface area contributed by atoms with Gasteiger partial charge in [-0.25, -0.2) is 0 Å². The van der Waals surface area contributed by atoms with E-state index in [4.69, 9.17) is 0 Å². The molecule has 2 aromatic rings. The van der Waals surface area contributed by atoms with E-state index in [1.165, 1.54) is 0 Å². The van der Waals surface area contributed by atoms with E-state index in [0.29, 0.717) is 11.6 Å². The van der Waals surface area contributed by atoms with Crippen LogP contribution in [0.3, 0.4) is 0 Å². The van der Waals surface area contributed by atoms with Crippen LogP contribution in [-0.2, 0) is 0 Å². The van der Waals surface area contributed by atoms with Crippen molar-refractivity contribution in [1.82, 2.24) is 53.5 Å². The monoisotopic (exact) mass is 174 g/mol. The lowest BCUT2D eigenvalue weighted by atomic mass is 10.6. The molecule has 0 atom stereocenters. The number of H-pyrrole nitrogens is 2. The molecule has 10 N–H and O–H groups in total. The molecule has 0 fully saturated rings. The summed E-state index contributed by atoms with van der Waals surface area (Å²) in [7, 11) is 0. The van der Waals surface area contributed by atoms with Crippen molar-refractivity contribution in [3.05, 3.63) is 0 Å². The number of nitrogens with zero attached hydrogens (tertiary/aromatic N) is 6. The number of rotatable bonds is 1. The largest absolute Gasteiger partial charge is 0.369 e. The fraction of sp³-hybridized carbons (Fsp3) is 0. The van der Waals surface area contributed by atoms with Crippen molar-refractivity contribution in [1.29, 1.82) is 0 Å². The SMILES string of the molecule is [NH4+].[NH4+].n1nc(-c2nn[nH]n2)n[nH]1. The molecule has 0 spiro atoms. The molecule has 0 saturated heterocycles. The highest BCUT2D eigenvalue weighted by Gasteiger charge is 2.05. The van der Waals surface area contributed by atoms with Gasteiger partial charge in [-0.05, 0) is 10.4 Å². The van der Waals surface area contributed by atoms with Gasteiger partial charge in [-0.2, -0.15) is 10.4 Å². The summed E-state index contributed by atoms with van der Waals surface area (Å²) in [6, 6.07) is 0. The van der Waals surface area contributed by atoms with E-state index in [1.54, 1.807) is 0 Å². The molecule has 0 aliphatic carbocycles. The molecule has 0 radical (unpaired) electrons. The Morgan fingerprint density at radius 3 is 1.42 bits per heavy atom. The average Bonchev–Trinajstić information content (AvgIpc) is 2.59. The normalized spacial score (nSPS) is 8.33. The summed E-state index contributed by atoms with van der Waals surface area (Å²) < 4.78 is 0. The highest BCUT2D eigenvalue weighted by molar-refractivity contribution is 5.37. The number of tetrazole rings is 2. The van der Waals surface area contributed by atoms with E-state index in [9.17, 15) is 0 Å². The first-order valence-corrected chi connectivity index (χ1v) is 2.44. The molecule has 0 saturated carbocycles. The Labute approximate surface area is 66.3 Å². The third-order valence-corrected chi connectivity index (χ3v) is 0.891. The number of hydrogen-bond acceptors (Lipinski definition) is 6. The summed E-state index contributed by atoms with van der Waals surface area (Å²) in [6.45, 7) is 0. The van der Waals surface area contributed by atoms with Gasteiger partial charge in [0.1, 0.15) is 0 Å². The van der Waals surface area contributed by atoms with Gasteiger partial charge in [0, 0.05) is 0 Å². The van der Waals surface area contributed by atoms with Crippen LogP contribution < -0.4 is 12.3 Å². The van der Waals surface area contributed by atoms with Gasteiger partial charge >= 0.3 is 0 Å². The minimum absolute atomic E-state index is 0. The Bertz CT molecular complexity index is 247. The molecule has 2 rings (SSSR count). The quantitative estimate of drug-likeness (QED) is 0.435. The first kappa shape index (κ1) is 10.1. The molecule has 0 amide bonds. The van der Waals surface area contributed by atoms with Crippen LogP contribution >= 0.6 is 0 Å². The average molecular weight is 174 g/mol. The van der Waals surface area contributed by atoms with Crippen LogP contribution in [0.4, 0.5) is 0 Å². The lowest BCUT2D eigenvalue weighted by molar-refractivity contribution is 0.881. The van der Waals surface area contributed by atoms with Gasteiger partial charge in [0.25, 0.3) is 0 Å². The first-order chi connectivity index (χ1) is 4.97. The van der Waals surface area contributed by atoms with Crippen molar-refractivity contribution in [2.45, 2.75) is 0 Å². The second kappa shape index (κ2) is 4.05. The summed E-state index contributed by atoms with van der Waals surface area (Å²) in [5.41, 5.74) is 0. The van der Waals surface area contributed by atoms with Crippen LogP contribution in [0.5, 0.6) is 0 Å². The van der Waals surface area contributed by atoms with Crippen LogP contribution in [0.2, 0.25) is 0 Å². The molecule has 10 heteroatoms. The van der Waals surface area contributed by atoms with Crippen molar-refractivity contribution in [3.63, 3.8) is 0 Å². The second-order valence-corrected chi connectivity index (χ2v) is 1.47. The summed E-state index contributed by atoms with van der Waals surface area (Å²) in [4.78, 5) is 0. The number of aromatic amines is 2. The van der Waals surface area contributed by atoms with E-state index in [2.05, 4.69) is 41.2 Å². The van der Waals surface area contributed by atoms with E-state index >= 15 is 0 Å². The lowest BCUT2D eigenvalue weighted by Crippen LogP contribution is -1.83. The van der Waals surface area contributed by atoms with Gasteiger partial charge in [0.15, 0.2) is 0 Å². The maximum atomic E-state index is 3.63. The minimum atomic E-state index is 0. The predicted octanol–water partition coefficient (Wildman–Crippen LogP) is -0.868. The molecule has 0 aliphatic heterocycles. The van der Waals surface area contributed by atoms with Crippen LogP contribution in [0, 0.1) is 0 Å². The lowest BCUT2D eigenvalue weighted by Gasteiger charge is -1.74. The highest BCUT2D eigenvalue weighted by atomic mass is 15.5. The maximum absolute atomic E-state index is 3.63. The predicted molar refractivity (Wildman–Crippen MR) is 39.3 cm³/mol. The van der Waals surface area contributed by atoms with Gasteiger partial charge in [-0.3, -0.25) is 0 Å². The Morgan fingerprint density at radius 2 is 1.17 bits per heavy atom. The van der Waals surface area contributed by atoms with Crippen molar-refractivity contribution < 1.29 is 0 Å². The molecule has 2 heterocycles. The third kappa shape index (κ3) is 1.56. The Kier molecular flexibility index (Phi) is 3.39. The number of quaternary nitrogens is 2. The van der Waals surface area contributed by atoms with Crippen molar-refractivity contribution in [3.8, 4) is 11.6 Å². The number of nitrogens with one attached hydrogen (secondary N) is 2. The van der Waals surface area contributed by atoms with Crippen LogP contribution in [0.25, 0.3) is 11.6 Å². The van der Waals surface area contributed by atoms with Crippen LogP contribution in [0.1, 0.15) is 0 Å². The number of aromatic nitrogens is 8. The molecule has 0 aromatic carbocycles. The van der Waals surface area contributed by atoms with E-state index in [1.807, 2.05) is 0 Å². The summed E-state index contributed by atoms with van der Waals surface area (Å²) in [6.07, 6.45) is 0. The zero-order valence-corrected chi connectivity index (χ0v) is 6.68. The molecular formula is C2H10N10+2. The van der Waals surface area contributed by atoms with Gasteiger partial charge in [-0.1, -0.05) is 0 Å². The number of hydrogen-bond donors (Lipinski definition) is 4. The fourth-order valence-corrected chi connectivity index (χ4v) is 0.513. The van der Waals surface area contributed by atoms with Gasteiger partial charge in [-0.15, -0.1) is 20.4 Å². The topological polar surface area (TPSA) is 182 Å². The molecule has 12 heavy (non-hydrogen) atoms. The van der Waals surface area contributed by atoms with E-state index in [-0.39, 0.29) is 12.3 Å². The van der Waals surface area contributed by atoms with Crippen molar-refractivity contribution in [2.75, 3.05) is 0 Å². The van der Waals surface area contributed by atoms with E-state index < -0.39 is 0 Å². The second-order valence-electron chi connectivity index (χ2n) is 1.47. The minimum Gasteiger partial charge on any atom is -0.369 e. The summed E-state index contributed by atoms with van der Waals surface area (Å²) >= 11 is 0. The molecule has 0 bridgehead atoms. The first-order valence-electron chi connectivity index (χ1n) is 2.44. The molecule has 10 nitrogen and oxygen atoms in total. The molecule has 66 valence electrons. The maximum Gasteiger partial charge on any atom is 0.245 e. The van der Waals surface area contributed by atoms with E-state index in [0.717, 1.165) is 0 Å². The van der Waals surface area contributed by atoms with Gasteiger partial charge in [0.05, 0.1) is 0 Å². The van der Waals surface area contributed by atoms with Crippen LogP contribution in [0.15, 0.2) is 0 Å². The standard InChI is InChI=1S/C2H2N8.2H3N/c3-1(4-8-7-3)2-5-9-10-6-2;;/h(H,3,4,7,8)(H,5,6,9,10);2*1H3/p+2. The summed E-state index contributed by atoms with van der Waals surface area (Å²) in [5.74, 6) is 0.655.